The van der Waals surface area contributed by atoms with E-state index >= 15 is 0 Å². The Morgan fingerprint density at radius 3 is 1.58 bits per heavy atom. The van der Waals surface area contributed by atoms with Gasteiger partial charge in [-0.1, -0.05) is 121 Å². The van der Waals surface area contributed by atoms with Crippen LogP contribution in [0.15, 0.2) is 36.5 Å². The van der Waals surface area contributed by atoms with Crippen molar-refractivity contribution >= 4 is 19.8 Å². The normalized spacial score (nSPS) is 14.0. The minimum absolute atomic E-state index is 0.0272. The van der Waals surface area contributed by atoms with Crippen LogP contribution in [0.3, 0.4) is 0 Å². The van der Waals surface area contributed by atoms with Gasteiger partial charge in [0.15, 0.2) is 6.10 Å². The summed E-state index contributed by atoms with van der Waals surface area (Å²) in [5.74, 6) is -0.826. The van der Waals surface area contributed by atoms with E-state index in [1.165, 1.54) is 57.8 Å². The van der Waals surface area contributed by atoms with E-state index in [9.17, 15) is 19.0 Å². The molecule has 304 valence electrons. The third-order valence-electron chi connectivity index (χ3n) is 8.64. The highest BCUT2D eigenvalue weighted by molar-refractivity contribution is 7.47. The molecule has 0 aromatic heterocycles. The molecule has 52 heavy (non-hydrogen) atoms. The van der Waals surface area contributed by atoms with E-state index in [2.05, 4.69) is 50.3 Å². The average molecular weight is 757 g/mol. The van der Waals surface area contributed by atoms with Crippen molar-refractivity contribution in [3.05, 3.63) is 36.5 Å². The molecular weight excluding hydrogens is 677 g/mol. The lowest BCUT2D eigenvalue weighted by atomic mass is 10.1. The Bertz CT molecular complexity index is 991. The van der Waals surface area contributed by atoms with Crippen molar-refractivity contribution in [1.82, 2.24) is 0 Å². The number of nitrogens with zero attached hydrogens (tertiary/aromatic N) is 1. The number of allylic oxidation sites excluding steroid dienone is 6. The van der Waals surface area contributed by atoms with Crippen LogP contribution in [-0.2, 0) is 32.7 Å². The summed E-state index contributed by atoms with van der Waals surface area (Å²) in [7, 11) is 1.46. The van der Waals surface area contributed by atoms with Crippen LogP contribution in [0.4, 0.5) is 0 Å². The highest BCUT2D eigenvalue weighted by Crippen LogP contribution is 2.43. The molecule has 0 aliphatic heterocycles. The first-order valence-corrected chi connectivity index (χ1v) is 22.2. The zero-order valence-electron chi connectivity index (χ0n) is 34.0. The van der Waals surface area contributed by atoms with Crippen LogP contribution in [0.2, 0.25) is 0 Å². The molecule has 0 aromatic rings. The summed E-state index contributed by atoms with van der Waals surface area (Å²) in [5, 5.41) is 0. The third kappa shape index (κ3) is 38.0. The third-order valence-corrected chi connectivity index (χ3v) is 9.63. The lowest BCUT2D eigenvalue weighted by molar-refractivity contribution is -0.870. The van der Waals surface area contributed by atoms with Crippen molar-refractivity contribution in [1.29, 1.82) is 0 Å². The maximum absolute atomic E-state index is 12.6. The number of rotatable bonds is 37. The first kappa shape index (κ1) is 50.2. The maximum atomic E-state index is 12.6. The molecule has 1 N–H and O–H groups in total. The predicted molar refractivity (Wildman–Crippen MR) is 215 cm³/mol. The Labute approximate surface area is 319 Å². The highest BCUT2D eigenvalue weighted by Gasteiger charge is 2.27. The highest BCUT2D eigenvalue weighted by atomic mass is 31.2. The summed E-state index contributed by atoms with van der Waals surface area (Å²) in [6, 6.07) is 0. The average Bonchev–Trinajstić information content (AvgIpc) is 3.09. The largest absolute Gasteiger partial charge is 0.472 e. The minimum Gasteiger partial charge on any atom is -0.462 e. The van der Waals surface area contributed by atoms with Gasteiger partial charge in [0.05, 0.1) is 27.7 Å². The molecule has 10 heteroatoms. The summed E-state index contributed by atoms with van der Waals surface area (Å²) < 4.78 is 34.2. The maximum Gasteiger partial charge on any atom is 0.472 e. The SMILES string of the molecule is CCCCC/C=C\C/C=C\CCCCCCCC(=O)OC(COC(=O)CCCCCCC/C=C\CCCCCC)COP(=O)(O)OCC[N+](C)(C)C. The van der Waals surface area contributed by atoms with E-state index in [0.717, 1.165) is 77.0 Å². The molecule has 0 aromatic carbocycles. The summed E-state index contributed by atoms with van der Waals surface area (Å²) >= 11 is 0. The number of carbonyl (C=O) groups excluding carboxylic acids is 2. The molecule has 9 nitrogen and oxygen atoms in total. The molecule has 0 aliphatic rings. The van der Waals surface area contributed by atoms with Crippen molar-refractivity contribution < 1.29 is 42.1 Å². The van der Waals surface area contributed by atoms with Crippen LogP contribution in [0.25, 0.3) is 0 Å². The second-order valence-corrected chi connectivity index (χ2v) is 16.5. The molecular formula is C42H79NO8P+. The Morgan fingerprint density at radius 1 is 0.596 bits per heavy atom. The summed E-state index contributed by atoms with van der Waals surface area (Å²) in [6.07, 6.45) is 37.5. The number of hydrogen-bond acceptors (Lipinski definition) is 7. The van der Waals surface area contributed by atoms with Gasteiger partial charge >= 0.3 is 19.8 Å². The van der Waals surface area contributed by atoms with E-state index in [1.54, 1.807) is 0 Å². The molecule has 0 aliphatic carbocycles. The Morgan fingerprint density at radius 2 is 1.04 bits per heavy atom. The number of esters is 2. The van der Waals surface area contributed by atoms with Gasteiger partial charge in [0.1, 0.15) is 19.8 Å². The van der Waals surface area contributed by atoms with Crippen molar-refractivity contribution in [3.8, 4) is 0 Å². The second kappa shape index (κ2) is 35.0. The van der Waals surface area contributed by atoms with Gasteiger partial charge < -0.3 is 18.9 Å². The standard InChI is InChI=1S/C42H78NO8P/c1-6-8-10-12-14-16-18-20-21-23-25-27-29-31-33-35-42(45)51-40(39-50-52(46,47)49-37-36-43(3,4)5)38-48-41(44)34-32-30-28-26-24-22-19-17-15-13-11-9-7-2/h14,16-17,19-21,40H,6-13,15,18,22-39H2,1-5H3/p+1/b16-14-,19-17-,21-20-. The van der Waals surface area contributed by atoms with Gasteiger partial charge in [-0.3, -0.25) is 18.6 Å². The lowest BCUT2D eigenvalue weighted by Crippen LogP contribution is -2.37. The van der Waals surface area contributed by atoms with Gasteiger partial charge in [-0.25, -0.2) is 4.57 Å². The molecule has 0 fully saturated rings. The first-order chi connectivity index (χ1) is 25.0. The number of phosphoric ester groups is 1. The van der Waals surface area contributed by atoms with E-state index in [4.69, 9.17) is 18.5 Å². The Balaban J connectivity index is 4.44. The van der Waals surface area contributed by atoms with Crippen molar-refractivity contribution in [2.45, 2.75) is 174 Å². The van der Waals surface area contributed by atoms with Crippen molar-refractivity contribution in [2.75, 3.05) is 47.5 Å². The Kier molecular flexibility index (Phi) is 33.8. The van der Waals surface area contributed by atoms with E-state index in [0.29, 0.717) is 17.4 Å². The molecule has 0 heterocycles. The van der Waals surface area contributed by atoms with Crippen LogP contribution in [-0.4, -0.2) is 74.9 Å². The number of hydrogen-bond donors (Lipinski definition) is 1. The number of carbonyl (C=O) groups is 2. The predicted octanol–water partition coefficient (Wildman–Crippen LogP) is 11.4. The molecule has 0 rings (SSSR count). The summed E-state index contributed by atoms with van der Waals surface area (Å²) in [6.45, 7) is 4.34. The van der Waals surface area contributed by atoms with Crippen molar-refractivity contribution in [2.24, 2.45) is 0 Å². The van der Waals surface area contributed by atoms with Gasteiger partial charge in [-0.15, -0.1) is 0 Å². The first-order valence-electron chi connectivity index (χ1n) is 20.7. The van der Waals surface area contributed by atoms with E-state index in [1.807, 2.05) is 21.1 Å². The van der Waals surface area contributed by atoms with Crippen LogP contribution in [0.1, 0.15) is 168 Å². The fourth-order valence-corrected chi connectivity index (χ4v) is 6.07. The molecule has 2 unspecified atom stereocenters. The number of phosphoric acid groups is 1. The topological polar surface area (TPSA) is 108 Å². The molecule has 0 saturated carbocycles. The van der Waals surface area contributed by atoms with Crippen LogP contribution in [0.5, 0.6) is 0 Å². The molecule has 0 amide bonds. The molecule has 0 bridgehead atoms. The van der Waals surface area contributed by atoms with Gasteiger partial charge in [-0.2, -0.15) is 0 Å². The van der Waals surface area contributed by atoms with Crippen molar-refractivity contribution in [3.63, 3.8) is 0 Å². The molecule has 0 spiro atoms. The van der Waals surface area contributed by atoms with Crippen LogP contribution >= 0.6 is 7.82 Å². The van der Waals surface area contributed by atoms with E-state index in [-0.39, 0.29) is 32.0 Å². The number of quaternary nitrogens is 1. The summed E-state index contributed by atoms with van der Waals surface area (Å²) in [4.78, 5) is 35.3. The quantitative estimate of drug-likeness (QED) is 0.0219. The van der Waals surface area contributed by atoms with Gasteiger partial charge in [0.2, 0.25) is 0 Å². The fourth-order valence-electron chi connectivity index (χ4n) is 5.33. The minimum atomic E-state index is -4.37. The van der Waals surface area contributed by atoms with Crippen LogP contribution in [0, 0.1) is 0 Å². The fraction of sp³-hybridized carbons (Fsp3) is 0.810. The van der Waals surface area contributed by atoms with Gasteiger partial charge in [0, 0.05) is 12.8 Å². The summed E-state index contributed by atoms with van der Waals surface area (Å²) in [5.41, 5.74) is 0. The van der Waals surface area contributed by atoms with Crippen LogP contribution < -0.4 is 0 Å². The van der Waals surface area contributed by atoms with Gasteiger partial charge in [0.25, 0.3) is 0 Å². The monoisotopic (exact) mass is 757 g/mol. The molecule has 2 atom stereocenters. The van der Waals surface area contributed by atoms with E-state index < -0.39 is 26.5 Å². The number of unbranched alkanes of at least 4 members (excludes halogenated alkanes) is 17. The zero-order valence-corrected chi connectivity index (χ0v) is 34.9. The number of ether oxygens (including phenoxy) is 2. The number of likely N-dealkylation sites (N-methyl/N-ethyl adjacent to an activating group) is 1. The molecule has 0 saturated heterocycles. The lowest BCUT2D eigenvalue weighted by Gasteiger charge is -2.24. The smallest absolute Gasteiger partial charge is 0.462 e. The second-order valence-electron chi connectivity index (χ2n) is 15.0. The zero-order chi connectivity index (χ0) is 38.6. The Hall–Kier alpha value is -1.77. The molecule has 0 radical (unpaired) electrons. The van der Waals surface area contributed by atoms with Gasteiger partial charge in [-0.05, 0) is 70.6 Å².